The summed E-state index contributed by atoms with van der Waals surface area (Å²) < 4.78 is 5.78. The van der Waals surface area contributed by atoms with E-state index in [0.717, 1.165) is 27.7 Å². The third-order valence-electron chi connectivity index (χ3n) is 4.02. The summed E-state index contributed by atoms with van der Waals surface area (Å²) in [4.78, 5) is 16.9. The Bertz CT molecular complexity index is 1100. The van der Waals surface area contributed by atoms with Crippen LogP contribution in [0.5, 0.6) is 6.01 Å². The molecule has 6 nitrogen and oxygen atoms in total. The van der Waals surface area contributed by atoms with Crippen LogP contribution in [0.15, 0.2) is 54.6 Å². The molecule has 0 amide bonds. The molecule has 0 aliphatic heterocycles. The topological polar surface area (TPSA) is 86.8 Å². The van der Waals surface area contributed by atoms with E-state index in [9.17, 15) is 0 Å². The molecule has 2 heterocycles. The van der Waals surface area contributed by atoms with Gasteiger partial charge in [0.2, 0.25) is 5.95 Å². The highest BCUT2D eigenvalue weighted by atomic mass is 35.5. The number of rotatable bonds is 4. The first-order valence-corrected chi connectivity index (χ1v) is 8.72. The number of nitrogens with two attached hydrogens (primary N) is 1. The van der Waals surface area contributed by atoms with Gasteiger partial charge in [-0.2, -0.15) is 15.0 Å². The Balaban J connectivity index is 1.78. The summed E-state index contributed by atoms with van der Waals surface area (Å²) in [5.74, 6) is 0.633. The molecular weight excluding hydrogens is 362 g/mol. The molecule has 2 aromatic heterocycles. The van der Waals surface area contributed by atoms with Crippen LogP contribution in [-0.4, -0.2) is 19.9 Å². The zero-order valence-corrected chi connectivity index (χ0v) is 15.3. The summed E-state index contributed by atoms with van der Waals surface area (Å²) in [6, 6.07) is 17.8. The summed E-state index contributed by atoms with van der Waals surface area (Å²) in [7, 11) is 0. The number of halogens is 1. The predicted octanol–water partition coefficient (Wildman–Crippen LogP) is 4.21. The molecule has 0 unspecified atom stereocenters. The highest BCUT2D eigenvalue weighted by Crippen LogP contribution is 2.29. The van der Waals surface area contributed by atoms with Gasteiger partial charge in [0, 0.05) is 16.5 Å². The van der Waals surface area contributed by atoms with Crippen LogP contribution in [0.4, 0.5) is 5.95 Å². The average molecular weight is 378 g/mol. The molecule has 0 atom stereocenters. The fraction of sp³-hybridized carbons (Fsp3) is 0.100. The SMILES string of the molecule is Cc1nc(N)nc(OCc2cc3cccc(Cl)c3nc2-c2ccccc2)n1. The van der Waals surface area contributed by atoms with Crippen molar-refractivity contribution in [2.75, 3.05) is 5.73 Å². The molecular formula is C20H16ClN5O. The standard InChI is InChI=1S/C20H16ClN5O/c1-12-23-19(22)26-20(24-12)27-11-15-10-14-8-5-9-16(21)18(14)25-17(15)13-6-3-2-4-7-13/h2-10H,11H2,1H3,(H2,22,23,24,26). The van der Waals surface area contributed by atoms with Crippen molar-refractivity contribution in [3.8, 4) is 17.3 Å². The number of nitrogen functional groups attached to an aromatic ring is 1. The number of para-hydroxylation sites is 1. The number of nitrogens with zero attached hydrogens (tertiary/aromatic N) is 4. The van der Waals surface area contributed by atoms with Gasteiger partial charge < -0.3 is 10.5 Å². The summed E-state index contributed by atoms with van der Waals surface area (Å²) in [6.07, 6.45) is 0. The zero-order valence-electron chi connectivity index (χ0n) is 14.6. The lowest BCUT2D eigenvalue weighted by atomic mass is 10.0. The van der Waals surface area contributed by atoms with Crippen LogP contribution in [-0.2, 0) is 6.61 Å². The molecule has 2 aromatic carbocycles. The van der Waals surface area contributed by atoms with Crippen LogP contribution in [0.2, 0.25) is 5.02 Å². The predicted molar refractivity (Wildman–Crippen MR) is 105 cm³/mol. The molecule has 4 rings (SSSR count). The molecule has 134 valence electrons. The monoisotopic (exact) mass is 377 g/mol. The van der Waals surface area contributed by atoms with Gasteiger partial charge in [-0.25, -0.2) is 4.98 Å². The van der Waals surface area contributed by atoms with Crippen LogP contribution < -0.4 is 10.5 Å². The second-order valence-corrected chi connectivity index (χ2v) is 6.39. The molecule has 0 aliphatic carbocycles. The van der Waals surface area contributed by atoms with Gasteiger partial charge in [-0.15, -0.1) is 0 Å². The number of pyridine rings is 1. The highest BCUT2D eigenvalue weighted by Gasteiger charge is 2.13. The molecule has 0 spiro atoms. The third kappa shape index (κ3) is 3.66. The molecule has 27 heavy (non-hydrogen) atoms. The second kappa shape index (κ2) is 7.17. The lowest BCUT2D eigenvalue weighted by molar-refractivity contribution is 0.280. The first kappa shape index (κ1) is 17.2. The Hall–Kier alpha value is -3.25. The fourth-order valence-electron chi connectivity index (χ4n) is 2.85. The minimum atomic E-state index is 0.129. The van der Waals surface area contributed by atoms with Crippen molar-refractivity contribution in [1.29, 1.82) is 0 Å². The fourth-order valence-corrected chi connectivity index (χ4v) is 3.07. The van der Waals surface area contributed by atoms with E-state index in [1.807, 2.05) is 54.6 Å². The van der Waals surface area contributed by atoms with E-state index < -0.39 is 0 Å². The van der Waals surface area contributed by atoms with Crippen molar-refractivity contribution in [3.05, 3.63) is 71.0 Å². The molecule has 0 saturated carbocycles. The van der Waals surface area contributed by atoms with Gasteiger partial charge in [0.15, 0.2) is 0 Å². The number of aryl methyl sites for hydroxylation is 1. The van der Waals surface area contributed by atoms with Crippen molar-refractivity contribution in [3.63, 3.8) is 0 Å². The highest BCUT2D eigenvalue weighted by molar-refractivity contribution is 6.35. The van der Waals surface area contributed by atoms with E-state index >= 15 is 0 Å². The number of fused-ring (bicyclic) bond motifs is 1. The number of aromatic nitrogens is 4. The van der Waals surface area contributed by atoms with Crippen molar-refractivity contribution in [2.45, 2.75) is 13.5 Å². The molecule has 0 radical (unpaired) electrons. The van der Waals surface area contributed by atoms with Crippen LogP contribution in [0.3, 0.4) is 0 Å². The Labute approximate surface area is 161 Å². The molecule has 0 fully saturated rings. The van der Waals surface area contributed by atoms with Gasteiger partial charge in [0.1, 0.15) is 12.4 Å². The lowest BCUT2D eigenvalue weighted by Crippen LogP contribution is -2.06. The largest absolute Gasteiger partial charge is 0.458 e. The summed E-state index contributed by atoms with van der Waals surface area (Å²) in [5.41, 5.74) is 9.10. The van der Waals surface area contributed by atoms with E-state index in [0.29, 0.717) is 10.8 Å². The molecule has 0 aliphatic rings. The summed E-state index contributed by atoms with van der Waals surface area (Å²) in [5, 5.41) is 1.55. The molecule has 2 N–H and O–H groups in total. The van der Waals surface area contributed by atoms with Crippen molar-refractivity contribution in [1.82, 2.24) is 19.9 Å². The second-order valence-electron chi connectivity index (χ2n) is 5.99. The number of ether oxygens (including phenoxy) is 1. The van der Waals surface area contributed by atoms with Crippen LogP contribution in [0.25, 0.3) is 22.2 Å². The van der Waals surface area contributed by atoms with Gasteiger partial charge >= 0.3 is 6.01 Å². The molecule has 4 aromatic rings. The lowest BCUT2D eigenvalue weighted by Gasteiger charge is -2.12. The third-order valence-corrected chi connectivity index (χ3v) is 4.33. The van der Waals surface area contributed by atoms with Crippen molar-refractivity contribution in [2.24, 2.45) is 0 Å². The van der Waals surface area contributed by atoms with Crippen molar-refractivity contribution >= 4 is 28.5 Å². The van der Waals surface area contributed by atoms with Crippen LogP contribution in [0, 0.1) is 6.92 Å². The maximum Gasteiger partial charge on any atom is 0.321 e. The number of hydrogen-bond acceptors (Lipinski definition) is 6. The number of hydrogen-bond donors (Lipinski definition) is 1. The maximum atomic E-state index is 6.34. The maximum absolute atomic E-state index is 6.34. The Morgan fingerprint density at radius 2 is 1.78 bits per heavy atom. The van der Waals surface area contributed by atoms with Crippen LogP contribution >= 0.6 is 11.6 Å². The Morgan fingerprint density at radius 3 is 2.56 bits per heavy atom. The summed E-state index contributed by atoms with van der Waals surface area (Å²) >= 11 is 6.34. The zero-order chi connectivity index (χ0) is 18.8. The minimum absolute atomic E-state index is 0.129. The Kier molecular flexibility index (Phi) is 4.56. The normalized spacial score (nSPS) is 10.9. The number of anilines is 1. The van der Waals surface area contributed by atoms with Gasteiger partial charge in [0.25, 0.3) is 0 Å². The van der Waals surface area contributed by atoms with Crippen molar-refractivity contribution < 1.29 is 4.74 Å². The van der Waals surface area contributed by atoms with Crippen LogP contribution in [0.1, 0.15) is 11.4 Å². The van der Waals surface area contributed by atoms with Gasteiger partial charge in [0.05, 0.1) is 16.2 Å². The number of benzene rings is 2. The van der Waals surface area contributed by atoms with E-state index in [4.69, 9.17) is 27.1 Å². The van der Waals surface area contributed by atoms with E-state index in [1.54, 1.807) is 6.92 Å². The van der Waals surface area contributed by atoms with Gasteiger partial charge in [-0.3, -0.25) is 0 Å². The molecule has 0 saturated heterocycles. The smallest absolute Gasteiger partial charge is 0.321 e. The van der Waals surface area contributed by atoms with E-state index in [2.05, 4.69) is 15.0 Å². The summed E-state index contributed by atoms with van der Waals surface area (Å²) in [6.45, 7) is 1.97. The first-order chi connectivity index (χ1) is 13.1. The first-order valence-electron chi connectivity index (χ1n) is 8.34. The van der Waals surface area contributed by atoms with E-state index in [1.165, 1.54) is 0 Å². The molecule has 0 bridgehead atoms. The Morgan fingerprint density at radius 1 is 0.963 bits per heavy atom. The van der Waals surface area contributed by atoms with Gasteiger partial charge in [-0.05, 0) is 19.1 Å². The average Bonchev–Trinajstić information content (AvgIpc) is 2.66. The quantitative estimate of drug-likeness (QED) is 0.573. The minimum Gasteiger partial charge on any atom is -0.458 e. The van der Waals surface area contributed by atoms with E-state index in [-0.39, 0.29) is 18.6 Å². The molecule has 7 heteroatoms. The van der Waals surface area contributed by atoms with Gasteiger partial charge in [-0.1, -0.05) is 54.1 Å².